The van der Waals surface area contributed by atoms with Crippen molar-refractivity contribution in [3.05, 3.63) is 70.8 Å². The third-order valence-electron chi connectivity index (χ3n) is 4.03. The molecule has 4 heteroatoms. The van der Waals surface area contributed by atoms with Crippen molar-refractivity contribution >= 4 is 17.3 Å². The van der Waals surface area contributed by atoms with E-state index >= 15 is 0 Å². The number of carbonyl (C=O) groups is 3. The van der Waals surface area contributed by atoms with Crippen molar-refractivity contribution in [2.24, 2.45) is 0 Å². The Morgan fingerprint density at radius 2 is 1.45 bits per heavy atom. The molecule has 1 aliphatic rings. The van der Waals surface area contributed by atoms with Crippen LogP contribution in [0.3, 0.4) is 0 Å². The predicted molar refractivity (Wildman–Crippen MR) is 80.2 cm³/mol. The highest BCUT2D eigenvalue weighted by Gasteiger charge is 2.52. The lowest BCUT2D eigenvalue weighted by atomic mass is 9.88. The molecule has 2 aromatic carbocycles. The number of Topliss-reactive ketones (excluding diaryl/α,β-unsaturated/α-hetero) is 3. The zero-order valence-corrected chi connectivity index (χ0v) is 12.0. The topological polar surface area (TPSA) is 71.4 Å². The van der Waals surface area contributed by atoms with E-state index in [1.807, 2.05) is 0 Å². The first-order valence-electron chi connectivity index (χ1n) is 6.95. The second kappa shape index (κ2) is 5.00. The van der Waals surface area contributed by atoms with Crippen LogP contribution < -0.4 is 0 Å². The molecule has 0 aromatic heterocycles. The fourth-order valence-electron chi connectivity index (χ4n) is 2.80. The van der Waals surface area contributed by atoms with Gasteiger partial charge in [-0.15, -0.1) is 0 Å². The highest BCUT2D eigenvalue weighted by molar-refractivity contribution is 6.33. The van der Waals surface area contributed by atoms with Gasteiger partial charge in [0.25, 0.3) is 0 Å². The molecule has 0 bridgehead atoms. The first-order valence-corrected chi connectivity index (χ1v) is 6.95. The summed E-state index contributed by atoms with van der Waals surface area (Å²) < 4.78 is 0. The molecule has 1 aliphatic carbocycles. The third kappa shape index (κ3) is 2.00. The summed E-state index contributed by atoms with van der Waals surface area (Å²) in [4.78, 5) is 37.1. The SMILES string of the molecule is Cc1ccccc1C(=O)CC1(O)C(=O)c2ccccc2C1=O. The van der Waals surface area contributed by atoms with E-state index in [1.54, 1.807) is 43.3 Å². The number of benzene rings is 2. The summed E-state index contributed by atoms with van der Waals surface area (Å²) in [6.45, 7) is 1.77. The number of fused-ring (bicyclic) bond motifs is 1. The number of aliphatic hydroxyl groups is 1. The van der Waals surface area contributed by atoms with Crippen LogP contribution >= 0.6 is 0 Å². The maximum atomic E-state index is 12.4. The van der Waals surface area contributed by atoms with Gasteiger partial charge >= 0.3 is 0 Å². The Labute approximate surface area is 127 Å². The van der Waals surface area contributed by atoms with Crippen molar-refractivity contribution < 1.29 is 19.5 Å². The average molecular weight is 294 g/mol. The van der Waals surface area contributed by atoms with Crippen molar-refractivity contribution in [3.8, 4) is 0 Å². The lowest BCUT2D eigenvalue weighted by Crippen LogP contribution is -2.43. The number of hydrogen-bond donors (Lipinski definition) is 1. The van der Waals surface area contributed by atoms with E-state index in [0.717, 1.165) is 5.56 Å². The van der Waals surface area contributed by atoms with Gasteiger partial charge < -0.3 is 5.11 Å². The smallest absolute Gasteiger partial charge is 0.203 e. The van der Waals surface area contributed by atoms with Gasteiger partial charge in [0.2, 0.25) is 11.6 Å². The van der Waals surface area contributed by atoms with Gasteiger partial charge in [0, 0.05) is 16.7 Å². The van der Waals surface area contributed by atoms with Crippen LogP contribution in [0.1, 0.15) is 43.1 Å². The molecule has 0 amide bonds. The molecule has 0 radical (unpaired) electrons. The molecular formula is C18H14O4. The maximum Gasteiger partial charge on any atom is 0.203 e. The minimum Gasteiger partial charge on any atom is -0.374 e. The van der Waals surface area contributed by atoms with E-state index in [9.17, 15) is 19.5 Å². The van der Waals surface area contributed by atoms with Crippen LogP contribution in [0.4, 0.5) is 0 Å². The summed E-state index contributed by atoms with van der Waals surface area (Å²) in [6, 6.07) is 13.1. The molecule has 0 fully saturated rings. The monoisotopic (exact) mass is 294 g/mol. The Kier molecular flexibility index (Phi) is 3.26. The number of carbonyl (C=O) groups excluding carboxylic acids is 3. The molecule has 3 rings (SSSR count). The standard InChI is InChI=1S/C18H14O4/c1-11-6-2-3-7-12(11)15(19)10-18(22)16(20)13-8-4-5-9-14(13)17(18)21/h2-9,22H,10H2,1H3. The summed E-state index contributed by atoms with van der Waals surface area (Å²) in [7, 11) is 0. The molecule has 1 N–H and O–H groups in total. The molecule has 0 spiro atoms. The predicted octanol–water partition coefficient (Wildman–Crippen LogP) is 2.38. The number of rotatable bonds is 3. The van der Waals surface area contributed by atoms with Gasteiger partial charge in [-0.05, 0) is 12.5 Å². The summed E-state index contributed by atoms with van der Waals surface area (Å²) in [5.41, 5.74) is -0.789. The van der Waals surface area contributed by atoms with E-state index in [-0.39, 0.29) is 11.1 Å². The zero-order valence-electron chi connectivity index (χ0n) is 12.0. The van der Waals surface area contributed by atoms with Crippen molar-refractivity contribution in [1.82, 2.24) is 0 Å². The molecule has 110 valence electrons. The van der Waals surface area contributed by atoms with E-state index in [0.29, 0.717) is 5.56 Å². The van der Waals surface area contributed by atoms with Crippen LogP contribution in [-0.4, -0.2) is 28.1 Å². The van der Waals surface area contributed by atoms with Gasteiger partial charge in [-0.1, -0.05) is 48.5 Å². The Bertz CT molecular complexity index is 769. The molecule has 0 atom stereocenters. The maximum absolute atomic E-state index is 12.4. The highest BCUT2D eigenvalue weighted by atomic mass is 16.3. The Hall–Kier alpha value is -2.59. The zero-order chi connectivity index (χ0) is 15.9. The van der Waals surface area contributed by atoms with Gasteiger partial charge in [-0.25, -0.2) is 0 Å². The van der Waals surface area contributed by atoms with E-state index < -0.39 is 29.4 Å². The molecule has 2 aromatic rings. The van der Waals surface area contributed by atoms with Crippen molar-refractivity contribution in [2.45, 2.75) is 18.9 Å². The normalized spacial score (nSPS) is 15.7. The summed E-state index contributed by atoms with van der Waals surface area (Å²) in [6.07, 6.45) is -0.538. The van der Waals surface area contributed by atoms with Crippen molar-refractivity contribution in [1.29, 1.82) is 0 Å². The number of hydrogen-bond acceptors (Lipinski definition) is 4. The second-order valence-electron chi connectivity index (χ2n) is 5.48. The molecule has 0 heterocycles. The lowest BCUT2D eigenvalue weighted by Gasteiger charge is -2.18. The fraction of sp³-hybridized carbons (Fsp3) is 0.167. The average Bonchev–Trinajstić information content (AvgIpc) is 2.70. The molecule has 0 unspecified atom stereocenters. The van der Waals surface area contributed by atoms with Gasteiger partial charge in [0.15, 0.2) is 11.4 Å². The van der Waals surface area contributed by atoms with Crippen LogP contribution in [0.15, 0.2) is 48.5 Å². The van der Waals surface area contributed by atoms with Gasteiger partial charge in [-0.3, -0.25) is 14.4 Å². The number of aryl methyl sites for hydroxylation is 1. The molecule has 4 nitrogen and oxygen atoms in total. The first-order chi connectivity index (χ1) is 10.4. The quantitative estimate of drug-likeness (QED) is 0.697. The van der Waals surface area contributed by atoms with E-state index in [1.165, 1.54) is 12.1 Å². The minimum atomic E-state index is -2.29. The minimum absolute atomic E-state index is 0.174. The summed E-state index contributed by atoms with van der Waals surface area (Å²) in [5.74, 6) is -1.82. The first kappa shape index (κ1) is 14.4. The van der Waals surface area contributed by atoms with E-state index in [2.05, 4.69) is 0 Å². The Morgan fingerprint density at radius 1 is 0.955 bits per heavy atom. The van der Waals surface area contributed by atoms with Crippen molar-refractivity contribution in [3.63, 3.8) is 0 Å². The van der Waals surface area contributed by atoms with Crippen LogP contribution in [-0.2, 0) is 0 Å². The van der Waals surface area contributed by atoms with Crippen LogP contribution in [0.5, 0.6) is 0 Å². The number of ketones is 3. The summed E-state index contributed by atoms with van der Waals surface area (Å²) in [5, 5.41) is 10.6. The molecule has 0 saturated carbocycles. The van der Waals surface area contributed by atoms with Gasteiger partial charge in [0.1, 0.15) is 0 Å². The van der Waals surface area contributed by atoms with Crippen LogP contribution in [0, 0.1) is 6.92 Å². The van der Waals surface area contributed by atoms with Gasteiger partial charge in [-0.2, -0.15) is 0 Å². The largest absolute Gasteiger partial charge is 0.374 e. The van der Waals surface area contributed by atoms with Crippen LogP contribution in [0.2, 0.25) is 0 Å². The van der Waals surface area contributed by atoms with E-state index in [4.69, 9.17) is 0 Å². The summed E-state index contributed by atoms with van der Waals surface area (Å²) >= 11 is 0. The fourth-order valence-corrected chi connectivity index (χ4v) is 2.80. The van der Waals surface area contributed by atoms with Crippen LogP contribution in [0.25, 0.3) is 0 Å². The third-order valence-corrected chi connectivity index (χ3v) is 4.03. The molecular weight excluding hydrogens is 280 g/mol. The lowest BCUT2D eigenvalue weighted by molar-refractivity contribution is 0.0295. The Balaban J connectivity index is 1.96. The molecule has 0 saturated heterocycles. The second-order valence-corrected chi connectivity index (χ2v) is 5.48. The molecule has 22 heavy (non-hydrogen) atoms. The van der Waals surface area contributed by atoms with Crippen molar-refractivity contribution in [2.75, 3.05) is 0 Å². The highest BCUT2D eigenvalue weighted by Crippen LogP contribution is 2.33. The van der Waals surface area contributed by atoms with Gasteiger partial charge in [0.05, 0.1) is 6.42 Å². The molecule has 0 aliphatic heterocycles. The Morgan fingerprint density at radius 3 is 2.00 bits per heavy atom.